The molecule has 0 spiro atoms. The second kappa shape index (κ2) is 9.54. The number of nitrogens with two attached hydrogens (primary N) is 1. The Bertz CT molecular complexity index is 1220. The molecule has 1 aliphatic rings. The Kier molecular flexibility index (Phi) is 6.53. The van der Waals surface area contributed by atoms with Gasteiger partial charge in [0.2, 0.25) is 5.95 Å². The third kappa shape index (κ3) is 5.36. The lowest BCUT2D eigenvalue weighted by molar-refractivity contribution is -0.140. The van der Waals surface area contributed by atoms with Gasteiger partial charge in [-0.15, -0.1) is 0 Å². The van der Waals surface area contributed by atoms with Gasteiger partial charge in [-0.1, -0.05) is 25.0 Å². The molecule has 1 aliphatic carbocycles. The Hall–Kier alpha value is -3.89. The van der Waals surface area contributed by atoms with Crippen molar-refractivity contribution in [3.05, 3.63) is 69.9 Å². The molecule has 0 radical (unpaired) electrons. The maximum absolute atomic E-state index is 13.4. The van der Waals surface area contributed by atoms with Crippen LogP contribution in [0.5, 0.6) is 5.75 Å². The zero-order valence-electron chi connectivity index (χ0n) is 18.0. The van der Waals surface area contributed by atoms with Crippen molar-refractivity contribution in [1.29, 1.82) is 0 Å². The average Bonchev–Trinajstić information content (AvgIpc) is 3.31. The van der Waals surface area contributed by atoms with Gasteiger partial charge in [0.1, 0.15) is 23.6 Å². The number of nitrogens with zero attached hydrogens (tertiary/aromatic N) is 2. The van der Waals surface area contributed by atoms with Gasteiger partial charge in [-0.05, 0) is 36.6 Å². The predicted molar refractivity (Wildman–Crippen MR) is 118 cm³/mol. The number of anilines is 1. The second-order valence-electron chi connectivity index (χ2n) is 8.02. The number of amides is 1. The molecule has 4 rings (SSSR count). The minimum Gasteiger partial charge on any atom is -0.489 e. The SMILES string of the molecule is NC(=O)c1cc(-c2ccc(OCc3cnc(NC4CCCC4)nc3)cc2)c(C(F)(F)F)[nH]c1=O. The first kappa shape index (κ1) is 23.3. The molecular weight excluding hydrogens is 451 g/mol. The van der Waals surface area contributed by atoms with E-state index in [0.29, 0.717) is 17.7 Å². The lowest BCUT2D eigenvalue weighted by Crippen LogP contribution is -2.27. The molecule has 11 heteroatoms. The first-order chi connectivity index (χ1) is 16.2. The number of benzene rings is 1. The van der Waals surface area contributed by atoms with E-state index in [1.807, 2.05) is 0 Å². The van der Waals surface area contributed by atoms with Crippen LogP contribution in [-0.4, -0.2) is 26.9 Å². The zero-order chi connectivity index (χ0) is 24.3. The summed E-state index contributed by atoms with van der Waals surface area (Å²) in [6.45, 7) is 0.168. The van der Waals surface area contributed by atoms with Crippen molar-refractivity contribution in [2.24, 2.45) is 5.73 Å². The van der Waals surface area contributed by atoms with Gasteiger partial charge in [0.15, 0.2) is 0 Å². The van der Waals surface area contributed by atoms with Gasteiger partial charge in [-0.3, -0.25) is 9.59 Å². The van der Waals surface area contributed by atoms with Crippen LogP contribution < -0.4 is 21.3 Å². The molecule has 0 bridgehead atoms. The largest absolute Gasteiger partial charge is 0.489 e. The van der Waals surface area contributed by atoms with E-state index in [1.54, 1.807) is 17.4 Å². The summed E-state index contributed by atoms with van der Waals surface area (Å²) < 4.78 is 46.0. The van der Waals surface area contributed by atoms with Gasteiger partial charge >= 0.3 is 6.18 Å². The van der Waals surface area contributed by atoms with Crippen molar-refractivity contribution in [2.45, 2.75) is 44.5 Å². The Morgan fingerprint density at radius 1 is 1.15 bits per heavy atom. The van der Waals surface area contributed by atoms with Gasteiger partial charge < -0.3 is 20.8 Å². The van der Waals surface area contributed by atoms with Crippen LogP contribution in [0.3, 0.4) is 0 Å². The Morgan fingerprint density at radius 3 is 2.38 bits per heavy atom. The fourth-order valence-electron chi connectivity index (χ4n) is 3.82. The highest BCUT2D eigenvalue weighted by atomic mass is 19.4. The molecule has 1 saturated carbocycles. The number of pyridine rings is 1. The van der Waals surface area contributed by atoms with E-state index in [2.05, 4.69) is 15.3 Å². The van der Waals surface area contributed by atoms with Crippen molar-refractivity contribution in [3.63, 3.8) is 0 Å². The molecule has 178 valence electrons. The molecular formula is C23H22F3N5O3. The summed E-state index contributed by atoms with van der Waals surface area (Å²) in [7, 11) is 0. The van der Waals surface area contributed by atoms with Crippen LogP contribution >= 0.6 is 0 Å². The first-order valence-corrected chi connectivity index (χ1v) is 10.7. The summed E-state index contributed by atoms with van der Waals surface area (Å²) in [6.07, 6.45) is 3.09. The number of carbonyl (C=O) groups excluding carboxylic acids is 1. The molecule has 0 atom stereocenters. The van der Waals surface area contributed by atoms with Crippen LogP contribution in [-0.2, 0) is 12.8 Å². The Labute approximate surface area is 192 Å². The molecule has 0 unspecified atom stereocenters. The molecule has 1 aromatic carbocycles. The number of hydrogen-bond acceptors (Lipinski definition) is 6. The number of aromatic amines is 1. The van der Waals surface area contributed by atoms with Gasteiger partial charge in [0.25, 0.3) is 11.5 Å². The van der Waals surface area contributed by atoms with E-state index in [4.69, 9.17) is 10.5 Å². The number of rotatable bonds is 7. The first-order valence-electron chi connectivity index (χ1n) is 10.7. The van der Waals surface area contributed by atoms with E-state index < -0.39 is 28.9 Å². The van der Waals surface area contributed by atoms with Crippen molar-refractivity contribution >= 4 is 11.9 Å². The highest BCUT2D eigenvalue weighted by molar-refractivity contribution is 5.94. The summed E-state index contributed by atoms with van der Waals surface area (Å²) in [4.78, 5) is 33.5. The third-order valence-corrected chi connectivity index (χ3v) is 5.55. The number of H-pyrrole nitrogens is 1. The van der Waals surface area contributed by atoms with Gasteiger partial charge in [0.05, 0.1) is 0 Å². The van der Waals surface area contributed by atoms with Crippen LogP contribution in [0.15, 0.2) is 47.5 Å². The monoisotopic (exact) mass is 473 g/mol. The summed E-state index contributed by atoms with van der Waals surface area (Å²) in [5, 5.41) is 3.30. The third-order valence-electron chi connectivity index (χ3n) is 5.55. The van der Waals surface area contributed by atoms with Crippen LogP contribution in [0.25, 0.3) is 11.1 Å². The molecule has 0 aliphatic heterocycles. The minimum atomic E-state index is -4.83. The van der Waals surface area contributed by atoms with E-state index in [0.717, 1.165) is 24.5 Å². The number of aromatic nitrogens is 3. The molecule has 34 heavy (non-hydrogen) atoms. The van der Waals surface area contributed by atoms with Crippen LogP contribution in [0.2, 0.25) is 0 Å². The average molecular weight is 473 g/mol. The van der Waals surface area contributed by atoms with Crippen molar-refractivity contribution in [1.82, 2.24) is 15.0 Å². The summed E-state index contributed by atoms with van der Waals surface area (Å²) in [5.41, 5.74) is 2.58. The van der Waals surface area contributed by atoms with Crippen molar-refractivity contribution in [3.8, 4) is 16.9 Å². The lowest BCUT2D eigenvalue weighted by atomic mass is 10.0. The second-order valence-corrected chi connectivity index (χ2v) is 8.02. The summed E-state index contributed by atoms with van der Waals surface area (Å²) >= 11 is 0. The van der Waals surface area contributed by atoms with Gasteiger partial charge in [-0.25, -0.2) is 9.97 Å². The number of ether oxygens (including phenoxy) is 1. The van der Waals surface area contributed by atoms with Crippen molar-refractivity contribution < 1.29 is 22.7 Å². The van der Waals surface area contributed by atoms with E-state index in [-0.39, 0.29) is 17.7 Å². The normalized spacial score (nSPS) is 14.2. The maximum Gasteiger partial charge on any atom is 0.431 e. The molecule has 4 N–H and O–H groups in total. The molecule has 1 amide bonds. The standard InChI is InChI=1S/C23H22F3N5O3/c24-23(25,26)19-17(9-18(20(27)32)21(33)31-19)14-5-7-16(8-6-14)34-12-13-10-28-22(29-11-13)30-15-3-1-2-4-15/h5-11,15H,1-4,12H2,(H2,27,32)(H,31,33)(H,28,29,30). The highest BCUT2D eigenvalue weighted by Gasteiger charge is 2.36. The predicted octanol–water partition coefficient (Wildman–Crippen LogP) is 3.88. The van der Waals surface area contributed by atoms with Crippen molar-refractivity contribution in [2.75, 3.05) is 5.32 Å². The highest BCUT2D eigenvalue weighted by Crippen LogP contribution is 2.35. The van der Waals surface area contributed by atoms with Crippen LogP contribution in [0.1, 0.15) is 47.3 Å². The maximum atomic E-state index is 13.4. The summed E-state index contributed by atoms with van der Waals surface area (Å²) in [6, 6.07) is 7.02. The number of carbonyl (C=O) groups is 1. The van der Waals surface area contributed by atoms with E-state index >= 15 is 0 Å². The number of halogens is 3. The Balaban J connectivity index is 1.46. The molecule has 2 aromatic heterocycles. The van der Waals surface area contributed by atoms with E-state index in [1.165, 1.54) is 37.1 Å². The Morgan fingerprint density at radius 2 is 1.79 bits per heavy atom. The zero-order valence-corrected chi connectivity index (χ0v) is 18.0. The molecule has 1 fully saturated rings. The fraction of sp³-hybridized carbons (Fsp3) is 0.304. The molecule has 2 heterocycles. The van der Waals surface area contributed by atoms with Crippen LogP contribution in [0.4, 0.5) is 19.1 Å². The van der Waals surface area contributed by atoms with Gasteiger partial charge in [-0.2, -0.15) is 13.2 Å². The number of hydrogen-bond donors (Lipinski definition) is 3. The lowest BCUT2D eigenvalue weighted by Gasteiger charge is -2.14. The summed E-state index contributed by atoms with van der Waals surface area (Å²) in [5.74, 6) is -0.149. The minimum absolute atomic E-state index is 0.129. The smallest absolute Gasteiger partial charge is 0.431 e. The molecule has 0 saturated heterocycles. The van der Waals surface area contributed by atoms with E-state index in [9.17, 15) is 22.8 Å². The van der Waals surface area contributed by atoms with Gasteiger partial charge in [0, 0.05) is 29.6 Å². The number of primary amides is 1. The fourth-order valence-corrected chi connectivity index (χ4v) is 3.82. The topological polar surface area (TPSA) is 123 Å². The number of nitrogens with one attached hydrogen (secondary N) is 2. The quantitative estimate of drug-likeness (QED) is 0.479. The number of alkyl halides is 3. The van der Waals surface area contributed by atoms with Crippen LogP contribution in [0, 0.1) is 0 Å². The molecule has 8 nitrogen and oxygen atoms in total. The molecule has 3 aromatic rings.